The fourth-order valence-corrected chi connectivity index (χ4v) is 4.16. The van der Waals surface area contributed by atoms with Gasteiger partial charge in [-0.1, -0.05) is 12.5 Å². The van der Waals surface area contributed by atoms with Gasteiger partial charge in [-0.2, -0.15) is 0 Å². The van der Waals surface area contributed by atoms with Gasteiger partial charge in [0.05, 0.1) is 5.41 Å². The third-order valence-corrected chi connectivity index (χ3v) is 5.63. The highest BCUT2D eigenvalue weighted by atomic mass is 32.2. The molecule has 1 aliphatic heterocycles. The van der Waals surface area contributed by atoms with Crippen LogP contribution in [0.15, 0.2) is 29.2 Å². The van der Waals surface area contributed by atoms with Crippen LogP contribution in [0.5, 0.6) is 0 Å². The van der Waals surface area contributed by atoms with Crippen LogP contribution in [0, 0.1) is 11.3 Å². The van der Waals surface area contributed by atoms with Crippen LogP contribution in [0.4, 0.5) is 10.5 Å². The standard InChI is InChI=1S/C16H20N2O3S/c1-22-13-6-2-5-12(8-13)17-15(21)18-9-11-4-3-7-16(11,10-18)14(19)20/h2,5-6,8,11H,3-4,7,9-10H2,1H3,(H,17,21)(H,19,20)/t11-,16+/m0/s1. The maximum Gasteiger partial charge on any atom is 0.321 e. The molecular formula is C16H20N2O3S. The molecule has 5 nitrogen and oxygen atoms in total. The van der Waals surface area contributed by atoms with Crippen molar-refractivity contribution in [2.45, 2.75) is 24.2 Å². The number of rotatable bonds is 3. The second-order valence-corrected chi connectivity index (χ2v) is 6.97. The van der Waals surface area contributed by atoms with Crippen LogP contribution in [-0.2, 0) is 4.79 Å². The number of nitrogens with one attached hydrogen (secondary N) is 1. The van der Waals surface area contributed by atoms with Crippen molar-refractivity contribution >= 4 is 29.4 Å². The molecule has 3 rings (SSSR count). The Bertz CT molecular complexity index is 607. The first-order valence-corrected chi connectivity index (χ1v) is 8.71. The van der Waals surface area contributed by atoms with Crippen LogP contribution in [0.1, 0.15) is 19.3 Å². The molecule has 2 amide bonds. The molecule has 6 heteroatoms. The first kappa shape index (κ1) is 15.2. The molecule has 1 aromatic rings. The Hall–Kier alpha value is -1.69. The SMILES string of the molecule is CSc1cccc(NC(=O)N2C[C@@H]3CCC[C@@]3(C(=O)O)C2)c1. The van der Waals surface area contributed by atoms with Gasteiger partial charge in [0, 0.05) is 23.7 Å². The summed E-state index contributed by atoms with van der Waals surface area (Å²) in [5.74, 6) is -0.664. The Morgan fingerprint density at radius 1 is 1.45 bits per heavy atom. The van der Waals surface area contributed by atoms with Crippen LogP contribution in [0.2, 0.25) is 0 Å². The molecule has 2 atom stereocenters. The predicted octanol–water partition coefficient (Wildman–Crippen LogP) is 3.13. The van der Waals surface area contributed by atoms with E-state index >= 15 is 0 Å². The number of carboxylic acids is 1. The number of carboxylic acid groups (broad SMARTS) is 1. The number of thioether (sulfide) groups is 1. The Kier molecular flexibility index (Phi) is 4.04. The quantitative estimate of drug-likeness (QED) is 0.840. The van der Waals surface area contributed by atoms with Gasteiger partial charge >= 0.3 is 12.0 Å². The van der Waals surface area contributed by atoms with Crippen molar-refractivity contribution in [1.82, 2.24) is 4.90 Å². The molecule has 1 aromatic carbocycles. The number of urea groups is 1. The molecule has 0 spiro atoms. The summed E-state index contributed by atoms with van der Waals surface area (Å²) in [5.41, 5.74) is 0.0247. The number of carbonyl (C=O) groups excluding carboxylic acids is 1. The molecule has 0 radical (unpaired) electrons. The highest BCUT2D eigenvalue weighted by Crippen LogP contribution is 2.48. The summed E-state index contributed by atoms with van der Waals surface area (Å²) < 4.78 is 0. The fourth-order valence-electron chi connectivity index (χ4n) is 3.70. The van der Waals surface area contributed by atoms with Gasteiger partial charge in [-0.3, -0.25) is 4.79 Å². The number of benzene rings is 1. The van der Waals surface area contributed by atoms with Crippen molar-refractivity contribution in [3.05, 3.63) is 24.3 Å². The average molecular weight is 320 g/mol. The van der Waals surface area contributed by atoms with E-state index in [0.29, 0.717) is 19.5 Å². The van der Waals surface area contributed by atoms with E-state index in [2.05, 4.69) is 5.32 Å². The van der Waals surface area contributed by atoms with Crippen molar-refractivity contribution in [3.8, 4) is 0 Å². The Morgan fingerprint density at radius 2 is 2.27 bits per heavy atom. The molecule has 118 valence electrons. The lowest BCUT2D eigenvalue weighted by atomic mass is 9.81. The van der Waals surface area contributed by atoms with Gasteiger partial charge in [-0.15, -0.1) is 11.8 Å². The van der Waals surface area contributed by atoms with Gasteiger partial charge in [-0.05, 0) is 43.2 Å². The smallest absolute Gasteiger partial charge is 0.321 e. The summed E-state index contributed by atoms with van der Waals surface area (Å²) in [7, 11) is 0. The summed E-state index contributed by atoms with van der Waals surface area (Å²) in [6, 6.07) is 7.46. The van der Waals surface area contributed by atoms with Crippen LogP contribution in [0.3, 0.4) is 0 Å². The molecule has 1 saturated heterocycles. The second-order valence-electron chi connectivity index (χ2n) is 6.09. The minimum absolute atomic E-state index is 0.0910. The lowest BCUT2D eigenvalue weighted by molar-refractivity contribution is -0.149. The summed E-state index contributed by atoms with van der Waals surface area (Å²) in [6.45, 7) is 0.863. The summed E-state index contributed by atoms with van der Waals surface area (Å²) >= 11 is 1.62. The monoisotopic (exact) mass is 320 g/mol. The van der Waals surface area contributed by atoms with E-state index in [1.807, 2.05) is 30.5 Å². The minimum atomic E-state index is -0.755. The molecule has 1 aliphatic carbocycles. The largest absolute Gasteiger partial charge is 0.481 e. The van der Waals surface area contributed by atoms with Crippen molar-refractivity contribution < 1.29 is 14.7 Å². The Balaban J connectivity index is 1.70. The molecule has 1 heterocycles. The lowest BCUT2D eigenvalue weighted by Gasteiger charge is -2.23. The zero-order chi connectivity index (χ0) is 15.7. The molecule has 1 saturated carbocycles. The van der Waals surface area contributed by atoms with E-state index in [9.17, 15) is 14.7 Å². The molecule has 0 unspecified atom stereocenters. The molecule has 0 bridgehead atoms. The zero-order valence-electron chi connectivity index (χ0n) is 12.5. The van der Waals surface area contributed by atoms with Gasteiger partial charge in [0.15, 0.2) is 0 Å². The molecule has 2 fully saturated rings. The number of likely N-dealkylation sites (tertiary alicyclic amines) is 1. The van der Waals surface area contributed by atoms with E-state index in [1.54, 1.807) is 16.7 Å². The minimum Gasteiger partial charge on any atom is -0.481 e. The molecule has 2 N–H and O–H groups in total. The number of hydrogen-bond acceptors (Lipinski definition) is 3. The van der Waals surface area contributed by atoms with Gasteiger partial charge in [0.25, 0.3) is 0 Å². The number of nitrogens with zero attached hydrogens (tertiary/aromatic N) is 1. The second kappa shape index (κ2) is 5.83. The van der Waals surface area contributed by atoms with E-state index in [-0.39, 0.29) is 11.9 Å². The van der Waals surface area contributed by atoms with E-state index in [4.69, 9.17) is 0 Å². The molecule has 22 heavy (non-hydrogen) atoms. The average Bonchev–Trinajstić information content (AvgIpc) is 3.05. The van der Waals surface area contributed by atoms with Crippen LogP contribution in [-0.4, -0.2) is 41.4 Å². The Labute approximate surface area is 134 Å². The van der Waals surface area contributed by atoms with Crippen molar-refractivity contribution in [1.29, 1.82) is 0 Å². The van der Waals surface area contributed by atoms with Gasteiger partial charge in [0.1, 0.15) is 0 Å². The van der Waals surface area contributed by atoms with E-state index in [0.717, 1.165) is 23.4 Å². The summed E-state index contributed by atoms with van der Waals surface area (Å²) in [6.07, 6.45) is 4.51. The highest BCUT2D eigenvalue weighted by molar-refractivity contribution is 7.98. The topological polar surface area (TPSA) is 69.6 Å². The first-order valence-electron chi connectivity index (χ1n) is 7.48. The maximum atomic E-state index is 12.4. The van der Waals surface area contributed by atoms with Gasteiger partial charge < -0.3 is 15.3 Å². The number of amides is 2. The predicted molar refractivity (Wildman–Crippen MR) is 86.2 cm³/mol. The van der Waals surface area contributed by atoms with E-state index in [1.165, 1.54) is 0 Å². The highest BCUT2D eigenvalue weighted by Gasteiger charge is 2.55. The lowest BCUT2D eigenvalue weighted by Crippen LogP contribution is -2.38. The van der Waals surface area contributed by atoms with Crippen molar-refractivity contribution in [2.75, 3.05) is 24.7 Å². The number of anilines is 1. The van der Waals surface area contributed by atoms with Crippen LogP contribution in [0.25, 0.3) is 0 Å². The third kappa shape index (κ3) is 2.56. The zero-order valence-corrected chi connectivity index (χ0v) is 13.4. The molecular weight excluding hydrogens is 300 g/mol. The van der Waals surface area contributed by atoms with E-state index < -0.39 is 11.4 Å². The van der Waals surface area contributed by atoms with Crippen LogP contribution < -0.4 is 5.32 Å². The maximum absolute atomic E-state index is 12.4. The van der Waals surface area contributed by atoms with Gasteiger partial charge in [0.2, 0.25) is 0 Å². The Morgan fingerprint density at radius 3 is 2.95 bits per heavy atom. The number of hydrogen-bond donors (Lipinski definition) is 2. The van der Waals surface area contributed by atoms with Gasteiger partial charge in [-0.25, -0.2) is 4.79 Å². The summed E-state index contributed by atoms with van der Waals surface area (Å²) in [5, 5.41) is 12.5. The molecule has 0 aromatic heterocycles. The fraction of sp³-hybridized carbons (Fsp3) is 0.500. The van der Waals surface area contributed by atoms with Crippen LogP contribution >= 0.6 is 11.8 Å². The third-order valence-electron chi connectivity index (χ3n) is 4.90. The molecule has 2 aliphatic rings. The first-order chi connectivity index (χ1) is 10.5. The van der Waals surface area contributed by atoms with Crippen molar-refractivity contribution in [3.63, 3.8) is 0 Å². The van der Waals surface area contributed by atoms with Crippen molar-refractivity contribution in [2.24, 2.45) is 11.3 Å². The number of fused-ring (bicyclic) bond motifs is 1. The summed E-state index contributed by atoms with van der Waals surface area (Å²) in [4.78, 5) is 26.8. The number of carbonyl (C=O) groups is 2. The normalized spacial score (nSPS) is 26.8. The number of aliphatic carboxylic acids is 1.